The summed E-state index contributed by atoms with van der Waals surface area (Å²) < 4.78 is 0. The second-order valence-electron chi connectivity index (χ2n) is 10.2. The fourth-order valence-electron chi connectivity index (χ4n) is 7.15. The Morgan fingerprint density at radius 1 is 0.833 bits per heavy atom. The summed E-state index contributed by atoms with van der Waals surface area (Å²) in [4.78, 5) is 4.53. The van der Waals surface area contributed by atoms with Crippen molar-refractivity contribution < 1.29 is 0 Å². The van der Waals surface area contributed by atoms with E-state index in [1.54, 1.807) is 11.1 Å². The molecular weight excluding hydrogens is 362 g/mol. The molecule has 4 atom stereocenters. The molecule has 30 heavy (non-hydrogen) atoms. The third-order valence-electron chi connectivity index (χ3n) is 8.66. The Morgan fingerprint density at radius 2 is 1.73 bits per heavy atom. The lowest BCUT2D eigenvalue weighted by atomic mass is 9.56. The van der Waals surface area contributed by atoms with Crippen molar-refractivity contribution in [3.05, 3.63) is 78.0 Å². The average molecular weight is 394 g/mol. The van der Waals surface area contributed by atoms with Crippen molar-refractivity contribution in [2.45, 2.75) is 57.8 Å². The third kappa shape index (κ3) is 2.94. The first-order valence-electron chi connectivity index (χ1n) is 11.9. The lowest BCUT2D eigenvalue weighted by molar-refractivity contribution is 0.0599. The van der Waals surface area contributed by atoms with Crippen LogP contribution in [0.4, 0.5) is 0 Å². The molecule has 0 spiro atoms. The quantitative estimate of drug-likeness (QED) is 0.435. The molecule has 0 radical (unpaired) electrons. The highest BCUT2D eigenvalue weighted by Gasteiger charge is 2.50. The Kier molecular flexibility index (Phi) is 4.33. The predicted octanol–water partition coefficient (Wildman–Crippen LogP) is 7.66. The molecule has 1 nitrogen and oxygen atoms in total. The Balaban J connectivity index is 1.32. The van der Waals surface area contributed by atoms with Crippen LogP contribution in [0.15, 0.2) is 66.9 Å². The number of nitrogens with zero attached hydrogens (tertiary/aromatic N) is 1. The zero-order valence-corrected chi connectivity index (χ0v) is 18.0. The van der Waals surface area contributed by atoms with E-state index >= 15 is 0 Å². The van der Waals surface area contributed by atoms with Crippen LogP contribution in [-0.2, 0) is 6.42 Å². The molecule has 0 N–H and O–H groups in total. The first-order chi connectivity index (χ1) is 14.7. The van der Waals surface area contributed by atoms with Gasteiger partial charge in [-0.1, -0.05) is 55.8 Å². The van der Waals surface area contributed by atoms with Crippen LogP contribution < -0.4 is 0 Å². The number of hydrogen-bond acceptors (Lipinski definition) is 1. The molecule has 2 saturated carbocycles. The van der Waals surface area contributed by atoms with Crippen LogP contribution in [0, 0.1) is 17.3 Å². The number of fused-ring (bicyclic) bond motifs is 5. The highest BCUT2D eigenvalue weighted by Crippen LogP contribution is 2.60. The maximum atomic E-state index is 4.53. The minimum Gasteiger partial charge on any atom is -0.256 e. The van der Waals surface area contributed by atoms with Gasteiger partial charge in [-0.25, -0.2) is 0 Å². The van der Waals surface area contributed by atoms with Gasteiger partial charge in [-0.15, -0.1) is 0 Å². The van der Waals surface area contributed by atoms with Crippen LogP contribution in [0.1, 0.15) is 62.5 Å². The molecule has 3 aliphatic carbocycles. The molecule has 2 aromatic carbocycles. The largest absolute Gasteiger partial charge is 0.256 e. The fraction of sp³-hybridized carbons (Fsp3) is 0.414. The van der Waals surface area contributed by atoms with Gasteiger partial charge in [-0.05, 0) is 102 Å². The van der Waals surface area contributed by atoms with Crippen LogP contribution in [0.5, 0.6) is 0 Å². The molecule has 0 bridgehead atoms. The van der Waals surface area contributed by atoms with Crippen LogP contribution in [0.2, 0.25) is 0 Å². The molecule has 3 aliphatic rings. The summed E-state index contributed by atoms with van der Waals surface area (Å²) in [5.41, 5.74) is 8.82. The van der Waals surface area contributed by atoms with E-state index in [9.17, 15) is 0 Å². The number of hydrogen-bond donors (Lipinski definition) is 0. The molecule has 0 amide bonds. The maximum absolute atomic E-state index is 4.53. The van der Waals surface area contributed by atoms with Gasteiger partial charge in [-0.3, -0.25) is 4.98 Å². The minimum absolute atomic E-state index is 0.643. The summed E-state index contributed by atoms with van der Waals surface area (Å²) in [6.07, 6.45) is 11.8. The Labute approximate surface area is 180 Å². The Morgan fingerprint density at radius 3 is 2.63 bits per heavy atom. The Bertz CT molecular complexity index is 1070. The van der Waals surface area contributed by atoms with Crippen molar-refractivity contribution in [3.8, 4) is 22.4 Å². The van der Waals surface area contributed by atoms with Crippen molar-refractivity contribution in [1.82, 2.24) is 4.98 Å². The first kappa shape index (κ1) is 18.4. The lowest BCUT2D eigenvalue weighted by Gasteiger charge is -2.49. The number of aryl methyl sites for hydroxylation is 1. The van der Waals surface area contributed by atoms with Gasteiger partial charge in [-0.2, -0.15) is 0 Å². The standard InChI is InChI=1S/C29H31N/c1-29-15-5-8-27(29)26-13-11-22-18-21(10-12-24(22)25(26)14-16-29)20-6-4-7-23(19-20)28-9-2-3-17-30-28/h2-4,6-7,9-10,12,17-19,25-27H,5,8,11,13-16H2,1H3/t25-,26-,27+,29+/m1/s1. The fourth-order valence-corrected chi connectivity index (χ4v) is 7.15. The molecule has 0 unspecified atom stereocenters. The van der Waals surface area contributed by atoms with Gasteiger partial charge in [0.05, 0.1) is 5.69 Å². The molecule has 0 saturated heterocycles. The number of pyridine rings is 1. The molecule has 2 fully saturated rings. The van der Waals surface area contributed by atoms with Gasteiger partial charge in [0.15, 0.2) is 0 Å². The zero-order valence-electron chi connectivity index (χ0n) is 18.0. The number of rotatable bonds is 2. The van der Waals surface area contributed by atoms with E-state index in [0.29, 0.717) is 5.41 Å². The van der Waals surface area contributed by atoms with Crippen molar-refractivity contribution >= 4 is 0 Å². The zero-order chi connectivity index (χ0) is 20.1. The van der Waals surface area contributed by atoms with Crippen LogP contribution >= 0.6 is 0 Å². The molecule has 1 heteroatoms. The topological polar surface area (TPSA) is 12.9 Å². The monoisotopic (exact) mass is 393 g/mol. The lowest BCUT2D eigenvalue weighted by Crippen LogP contribution is -2.39. The molecular formula is C29H31N. The van der Waals surface area contributed by atoms with E-state index in [1.807, 2.05) is 12.3 Å². The van der Waals surface area contributed by atoms with E-state index in [1.165, 1.54) is 61.6 Å². The third-order valence-corrected chi connectivity index (χ3v) is 8.66. The minimum atomic E-state index is 0.643. The Hall–Kier alpha value is -2.41. The van der Waals surface area contributed by atoms with Gasteiger partial charge in [0, 0.05) is 11.8 Å². The van der Waals surface area contributed by atoms with E-state index in [0.717, 1.165) is 23.4 Å². The molecule has 0 aliphatic heterocycles. The van der Waals surface area contributed by atoms with E-state index in [2.05, 4.69) is 66.5 Å². The molecule has 1 heterocycles. The van der Waals surface area contributed by atoms with Crippen LogP contribution in [0.25, 0.3) is 22.4 Å². The maximum Gasteiger partial charge on any atom is 0.0702 e. The molecule has 1 aromatic heterocycles. The van der Waals surface area contributed by atoms with Gasteiger partial charge in [0.1, 0.15) is 0 Å². The smallest absolute Gasteiger partial charge is 0.0702 e. The van der Waals surface area contributed by atoms with Gasteiger partial charge in [0.2, 0.25) is 0 Å². The van der Waals surface area contributed by atoms with Crippen LogP contribution in [0.3, 0.4) is 0 Å². The van der Waals surface area contributed by atoms with Gasteiger partial charge in [0.25, 0.3) is 0 Å². The van der Waals surface area contributed by atoms with Crippen molar-refractivity contribution in [2.75, 3.05) is 0 Å². The molecule has 6 rings (SSSR count). The SMILES string of the molecule is C[C@@]12CCC[C@H]1[C@@H]1CCc3cc(-c4cccc(-c5ccccn5)c4)ccc3[C@H]1CC2. The van der Waals surface area contributed by atoms with E-state index < -0.39 is 0 Å². The summed E-state index contributed by atoms with van der Waals surface area (Å²) in [7, 11) is 0. The van der Waals surface area contributed by atoms with Crippen molar-refractivity contribution in [3.63, 3.8) is 0 Å². The van der Waals surface area contributed by atoms with Crippen LogP contribution in [-0.4, -0.2) is 4.98 Å². The summed E-state index contributed by atoms with van der Waals surface area (Å²) in [6, 6.07) is 22.3. The van der Waals surface area contributed by atoms with Gasteiger partial charge < -0.3 is 0 Å². The average Bonchev–Trinajstić information content (AvgIpc) is 3.21. The highest BCUT2D eigenvalue weighted by atomic mass is 14.7. The molecule has 3 aromatic rings. The summed E-state index contributed by atoms with van der Waals surface area (Å²) >= 11 is 0. The normalized spacial score (nSPS) is 29.7. The van der Waals surface area contributed by atoms with E-state index in [-0.39, 0.29) is 0 Å². The van der Waals surface area contributed by atoms with Gasteiger partial charge >= 0.3 is 0 Å². The number of benzene rings is 2. The number of aromatic nitrogens is 1. The van der Waals surface area contributed by atoms with Crippen molar-refractivity contribution in [2.24, 2.45) is 17.3 Å². The van der Waals surface area contributed by atoms with Crippen molar-refractivity contribution in [1.29, 1.82) is 0 Å². The van der Waals surface area contributed by atoms with E-state index in [4.69, 9.17) is 0 Å². The second kappa shape index (κ2) is 7.08. The molecule has 152 valence electrons. The second-order valence-corrected chi connectivity index (χ2v) is 10.2. The summed E-state index contributed by atoms with van der Waals surface area (Å²) in [5.74, 6) is 2.70. The first-order valence-corrected chi connectivity index (χ1v) is 11.9. The summed E-state index contributed by atoms with van der Waals surface area (Å²) in [6.45, 7) is 2.59. The highest BCUT2D eigenvalue weighted by molar-refractivity contribution is 5.72. The summed E-state index contributed by atoms with van der Waals surface area (Å²) in [5, 5.41) is 0. The predicted molar refractivity (Wildman–Crippen MR) is 124 cm³/mol.